The Balaban J connectivity index is 0.00000300. The smallest absolute Gasteiger partial charge is 0.343 e. The predicted octanol–water partition coefficient (Wildman–Crippen LogP) is 2.70. The molecule has 0 radical (unpaired) electrons. The minimum atomic E-state index is -4.63. The average molecular weight is 435 g/mol. The fourth-order valence-electron chi connectivity index (χ4n) is 3.75. The first-order chi connectivity index (χ1) is 13.1. The van der Waals surface area contributed by atoms with E-state index in [-0.39, 0.29) is 36.6 Å². The van der Waals surface area contributed by atoms with Crippen LogP contribution in [0.3, 0.4) is 0 Å². The van der Waals surface area contributed by atoms with Crippen molar-refractivity contribution in [1.82, 2.24) is 24.5 Å². The second-order valence-electron chi connectivity index (χ2n) is 7.48. The summed E-state index contributed by atoms with van der Waals surface area (Å²) in [5, 5.41) is 3.54. The van der Waals surface area contributed by atoms with Gasteiger partial charge in [-0.05, 0) is 51.5 Å². The van der Waals surface area contributed by atoms with Crippen molar-refractivity contribution in [3.8, 4) is 0 Å². The van der Waals surface area contributed by atoms with E-state index >= 15 is 0 Å². The summed E-state index contributed by atoms with van der Waals surface area (Å²) in [5.41, 5.74) is 7.75. The van der Waals surface area contributed by atoms with Crippen molar-refractivity contribution in [1.29, 1.82) is 0 Å². The molecule has 1 saturated heterocycles. The molecule has 1 aliphatic heterocycles. The van der Waals surface area contributed by atoms with Crippen molar-refractivity contribution in [3.05, 3.63) is 22.8 Å². The first-order valence-corrected chi connectivity index (χ1v) is 9.41. The van der Waals surface area contributed by atoms with Gasteiger partial charge in [-0.1, -0.05) is 0 Å². The Morgan fingerprint density at radius 1 is 1.24 bits per heavy atom. The maximum absolute atomic E-state index is 12.9. The lowest BCUT2D eigenvalue weighted by atomic mass is 9.91. The lowest BCUT2D eigenvalue weighted by molar-refractivity contribution is -0.144. The molecule has 1 atom stereocenters. The van der Waals surface area contributed by atoms with Gasteiger partial charge < -0.3 is 10.6 Å². The van der Waals surface area contributed by atoms with Crippen molar-refractivity contribution in [2.45, 2.75) is 58.7 Å². The number of hydrogen-bond donors (Lipinski definition) is 1. The number of amides is 1. The number of piperidine rings is 1. The van der Waals surface area contributed by atoms with Crippen molar-refractivity contribution in [2.24, 2.45) is 11.7 Å². The number of carbonyl (C=O) groups is 1. The van der Waals surface area contributed by atoms with Crippen LogP contribution in [-0.2, 0) is 17.4 Å². The average Bonchev–Trinajstić information content (AvgIpc) is 3.06. The van der Waals surface area contributed by atoms with E-state index in [4.69, 9.17) is 5.73 Å². The predicted molar refractivity (Wildman–Crippen MR) is 104 cm³/mol. The van der Waals surface area contributed by atoms with Gasteiger partial charge in [0.2, 0.25) is 5.91 Å². The fraction of sp³-hybridized carbons (Fsp3) is 0.667. The van der Waals surface area contributed by atoms with E-state index in [1.165, 1.54) is 0 Å². The standard InChI is InChI=1S/C18H25F3N6O.ClH/c1-10(22)13-6-8-26(9-7-13)15(28)5-4-14-11(2)23-17-24-16(18(19,20)21)25-27(17)12(14)3;/h10,13H,4-9,22H2,1-3H3;1H. The lowest BCUT2D eigenvalue weighted by Gasteiger charge is -2.33. The number of nitrogens with zero attached hydrogens (tertiary/aromatic N) is 5. The maximum atomic E-state index is 12.9. The van der Waals surface area contributed by atoms with Crippen LogP contribution in [0, 0.1) is 19.8 Å². The number of alkyl halides is 3. The normalized spacial score (nSPS) is 16.7. The SMILES string of the molecule is Cc1nc2nc(C(F)(F)F)nn2c(C)c1CCC(=O)N1CCC(C(C)N)CC1.Cl. The summed E-state index contributed by atoms with van der Waals surface area (Å²) in [6.07, 6.45) is -2.16. The van der Waals surface area contributed by atoms with Gasteiger partial charge in [-0.2, -0.15) is 18.2 Å². The number of likely N-dealkylation sites (tertiary alicyclic amines) is 1. The maximum Gasteiger partial charge on any atom is 0.453 e. The highest BCUT2D eigenvalue weighted by Crippen LogP contribution is 2.27. The number of fused-ring (bicyclic) bond motifs is 1. The Morgan fingerprint density at radius 2 is 1.86 bits per heavy atom. The monoisotopic (exact) mass is 434 g/mol. The van der Waals surface area contributed by atoms with Crippen LogP contribution in [-0.4, -0.2) is 49.5 Å². The highest BCUT2D eigenvalue weighted by atomic mass is 35.5. The minimum absolute atomic E-state index is 0. The van der Waals surface area contributed by atoms with Crippen LogP contribution in [0.4, 0.5) is 13.2 Å². The van der Waals surface area contributed by atoms with E-state index in [2.05, 4.69) is 15.1 Å². The zero-order valence-corrected chi connectivity index (χ0v) is 17.5. The number of hydrogen-bond acceptors (Lipinski definition) is 5. The summed E-state index contributed by atoms with van der Waals surface area (Å²) in [6.45, 7) is 6.76. The molecule has 7 nitrogen and oxygen atoms in total. The third-order valence-corrected chi connectivity index (χ3v) is 5.53. The van der Waals surface area contributed by atoms with Crippen LogP contribution in [0.15, 0.2) is 0 Å². The molecule has 29 heavy (non-hydrogen) atoms. The molecule has 0 saturated carbocycles. The van der Waals surface area contributed by atoms with Crippen LogP contribution in [0.2, 0.25) is 0 Å². The molecule has 0 aromatic carbocycles. The molecule has 1 fully saturated rings. The van der Waals surface area contributed by atoms with Crippen LogP contribution in [0.5, 0.6) is 0 Å². The third kappa shape index (κ3) is 4.98. The van der Waals surface area contributed by atoms with E-state index in [9.17, 15) is 18.0 Å². The molecule has 2 aromatic heterocycles. The summed E-state index contributed by atoms with van der Waals surface area (Å²) in [5.74, 6) is -0.824. The molecule has 3 heterocycles. The van der Waals surface area contributed by atoms with Crippen molar-refractivity contribution < 1.29 is 18.0 Å². The van der Waals surface area contributed by atoms with Crippen LogP contribution in [0.1, 0.15) is 49.0 Å². The molecule has 3 rings (SSSR count). The van der Waals surface area contributed by atoms with E-state index in [1.54, 1.807) is 13.8 Å². The molecule has 2 aromatic rings. The van der Waals surface area contributed by atoms with Crippen molar-refractivity contribution in [2.75, 3.05) is 13.1 Å². The highest BCUT2D eigenvalue weighted by molar-refractivity contribution is 5.85. The van der Waals surface area contributed by atoms with Gasteiger partial charge in [0.15, 0.2) is 0 Å². The van der Waals surface area contributed by atoms with E-state index < -0.39 is 12.0 Å². The zero-order chi connectivity index (χ0) is 20.6. The van der Waals surface area contributed by atoms with E-state index in [0.717, 1.165) is 22.9 Å². The van der Waals surface area contributed by atoms with Crippen LogP contribution in [0.25, 0.3) is 5.78 Å². The fourth-order valence-corrected chi connectivity index (χ4v) is 3.75. The van der Waals surface area contributed by atoms with Gasteiger partial charge in [0.25, 0.3) is 11.6 Å². The highest BCUT2D eigenvalue weighted by Gasteiger charge is 2.37. The second kappa shape index (κ2) is 8.83. The molecule has 0 spiro atoms. The molecule has 0 bridgehead atoms. The number of nitrogens with two attached hydrogens (primary N) is 1. The van der Waals surface area contributed by atoms with Crippen molar-refractivity contribution >= 4 is 24.1 Å². The third-order valence-electron chi connectivity index (χ3n) is 5.53. The number of aryl methyl sites for hydroxylation is 2. The van der Waals surface area contributed by atoms with Gasteiger partial charge in [-0.15, -0.1) is 17.5 Å². The Kier molecular flexibility index (Phi) is 7.10. The Morgan fingerprint density at radius 3 is 2.41 bits per heavy atom. The van der Waals surface area contributed by atoms with Gasteiger partial charge in [-0.25, -0.2) is 9.50 Å². The summed E-state index contributed by atoms with van der Waals surface area (Å²) in [6, 6.07) is 0.129. The number of halogens is 4. The first-order valence-electron chi connectivity index (χ1n) is 9.41. The van der Waals surface area contributed by atoms with Gasteiger partial charge in [-0.3, -0.25) is 4.79 Å². The zero-order valence-electron chi connectivity index (χ0n) is 16.7. The van der Waals surface area contributed by atoms with Gasteiger partial charge >= 0.3 is 6.18 Å². The Labute approximate surface area is 173 Å². The minimum Gasteiger partial charge on any atom is -0.343 e. The summed E-state index contributed by atoms with van der Waals surface area (Å²) in [4.78, 5) is 22.0. The molecule has 11 heteroatoms. The molecular weight excluding hydrogens is 409 g/mol. The number of carbonyl (C=O) groups excluding carboxylic acids is 1. The van der Waals surface area contributed by atoms with Gasteiger partial charge in [0.05, 0.1) is 0 Å². The van der Waals surface area contributed by atoms with E-state index in [1.807, 2.05) is 11.8 Å². The van der Waals surface area contributed by atoms with Crippen LogP contribution >= 0.6 is 12.4 Å². The molecule has 1 aliphatic rings. The van der Waals surface area contributed by atoms with Crippen molar-refractivity contribution in [3.63, 3.8) is 0 Å². The molecule has 1 amide bonds. The van der Waals surface area contributed by atoms with Crippen LogP contribution < -0.4 is 5.73 Å². The number of rotatable bonds is 4. The van der Waals surface area contributed by atoms with Gasteiger partial charge in [0.1, 0.15) is 0 Å². The summed E-state index contributed by atoms with van der Waals surface area (Å²) in [7, 11) is 0. The van der Waals surface area contributed by atoms with E-state index in [0.29, 0.717) is 36.8 Å². The molecule has 0 aliphatic carbocycles. The summed E-state index contributed by atoms with van der Waals surface area (Å²) < 4.78 is 39.7. The quantitative estimate of drug-likeness (QED) is 0.799. The molecular formula is C18H26ClF3N6O. The lowest BCUT2D eigenvalue weighted by Crippen LogP contribution is -2.42. The topological polar surface area (TPSA) is 89.4 Å². The first kappa shape index (κ1) is 23.3. The largest absolute Gasteiger partial charge is 0.453 e. The molecule has 2 N–H and O–H groups in total. The second-order valence-corrected chi connectivity index (χ2v) is 7.48. The number of aromatic nitrogens is 4. The molecule has 1 unspecified atom stereocenters. The molecule has 162 valence electrons. The Bertz CT molecular complexity index is 875. The Hall–Kier alpha value is -1.94. The summed E-state index contributed by atoms with van der Waals surface area (Å²) >= 11 is 0. The van der Waals surface area contributed by atoms with Gasteiger partial charge in [0, 0.05) is 36.9 Å².